The molecule has 1 aromatic carbocycles. The highest BCUT2D eigenvalue weighted by Crippen LogP contribution is 2.31. The first-order chi connectivity index (χ1) is 10.9. The van der Waals surface area contributed by atoms with Gasteiger partial charge in [0.2, 0.25) is 10.0 Å². The number of ether oxygens (including phenoxy) is 2. The molecule has 0 N–H and O–H groups in total. The summed E-state index contributed by atoms with van der Waals surface area (Å²) in [6.07, 6.45) is 1.56. The second kappa shape index (κ2) is 7.24. The molecule has 1 saturated heterocycles. The van der Waals surface area contributed by atoms with E-state index >= 15 is 0 Å². The van der Waals surface area contributed by atoms with Gasteiger partial charge in [0.15, 0.2) is 0 Å². The van der Waals surface area contributed by atoms with Gasteiger partial charge in [0.1, 0.15) is 10.6 Å². The lowest BCUT2D eigenvalue weighted by Crippen LogP contribution is -2.37. The SMILES string of the molecule is CCN(C[C@@H]1CCCO1)S(=O)(=O)c1cc([N+](=O)[O-])ccc1OC. The van der Waals surface area contributed by atoms with Crippen LogP contribution < -0.4 is 4.74 Å². The van der Waals surface area contributed by atoms with Crippen LogP contribution in [-0.4, -0.2) is 50.6 Å². The van der Waals surface area contributed by atoms with Crippen molar-refractivity contribution in [3.05, 3.63) is 28.3 Å². The van der Waals surface area contributed by atoms with Gasteiger partial charge >= 0.3 is 0 Å². The van der Waals surface area contributed by atoms with Crippen molar-refractivity contribution >= 4 is 15.7 Å². The molecule has 128 valence electrons. The fraction of sp³-hybridized carbons (Fsp3) is 0.571. The third kappa shape index (κ3) is 3.80. The van der Waals surface area contributed by atoms with E-state index in [-0.39, 0.29) is 35.5 Å². The lowest BCUT2D eigenvalue weighted by atomic mass is 10.2. The molecule has 1 aliphatic heterocycles. The number of nitrogens with zero attached hydrogens (tertiary/aromatic N) is 2. The maximum atomic E-state index is 12.9. The van der Waals surface area contributed by atoms with Gasteiger partial charge in [-0.05, 0) is 18.9 Å². The maximum absolute atomic E-state index is 12.9. The zero-order valence-electron chi connectivity index (χ0n) is 13.1. The molecule has 1 heterocycles. The molecule has 1 aromatic rings. The number of non-ortho nitro benzene ring substituents is 1. The summed E-state index contributed by atoms with van der Waals surface area (Å²) in [5.74, 6) is 0.0846. The van der Waals surface area contributed by atoms with Gasteiger partial charge in [-0.3, -0.25) is 10.1 Å². The summed E-state index contributed by atoms with van der Waals surface area (Å²) in [5, 5.41) is 10.9. The van der Waals surface area contributed by atoms with Gasteiger partial charge in [-0.2, -0.15) is 4.31 Å². The van der Waals surface area contributed by atoms with E-state index in [1.807, 2.05) is 0 Å². The van der Waals surface area contributed by atoms with E-state index in [2.05, 4.69) is 0 Å². The Kier molecular flexibility index (Phi) is 5.55. The number of nitro groups is 1. The van der Waals surface area contributed by atoms with E-state index in [0.717, 1.165) is 18.9 Å². The van der Waals surface area contributed by atoms with Crippen molar-refractivity contribution in [3.63, 3.8) is 0 Å². The van der Waals surface area contributed by atoms with Crippen LogP contribution in [0.25, 0.3) is 0 Å². The number of likely N-dealkylation sites (N-methyl/N-ethyl adjacent to an activating group) is 1. The number of nitro benzene ring substituents is 1. The molecule has 1 atom stereocenters. The average molecular weight is 344 g/mol. The molecule has 23 heavy (non-hydrogen) atoms. The van der Waals surface area contributed by atoms with Gasteiger partial charge in [0.25, 0.3) is 5.69 Å². The van der Waals surface area contributed by atoms with E-state index in [1.165, 1.54) is 23.5 Å². The third-order valence-electron chi connectivity index (χ3n) is 3.76. The molecular formula is C14H20N2O6S. The number of methoxy groups -OCH3 is 1. The van der Waals surface area contributed by atoms with Crippen molar-refractivity contribution in [2.24, 2.45) is 0 Å². The van der Waals surface area contributed by atoms with Crippen molar-refractivity contribution in [2.45, 2.75) is 30.8 Å². The topological polar surface area (TPSA) is 99.0 Å². The smallest absolute Gasteiger partial charge is 0.271 e. The Morgan fingerprint density at radius 2 is 2.22 bits per heavy atom. The molecule has 0 unspecified atom stereocenters. The quantitative estimate of drug-likeness (QED) is 0.552. The first-order valence-corrected chi connectivity index (χ1v) is 8.78. The van der Waals surface area contributed by atoms with Crippen LogP contribution >= 0.6 is 0 Å². The van der Waals surface area contributed by atoms with E-state index in [1.54, 1.807) is 6.92 Å². The largest absolute Gasteiger partial charge is 0.495 e. The van der Waals surface area contributed by atoms with Crippen LogP contribution in [0.4, 0.5) is 5.69 Å². The number of hydrogen-bond acceptors (Lipinski definition) is 6. The average Bonchev–Trinajstić information content (AvgIpc) is 3.04. The first-order valence-electron chi connectivity index (χ1n) is 7.34. The molecular weight excluding hydrogens is 324 g/mol. The van der Waals surface area contributed by atoms with Gasteiger partial charge in [-0.25, -0.2) is 8.42 Å². The molecule has 0 amide bonds. The molecule has 0 radical (unpaired) electrons. The summed E-state index contributed by atoms with van der Waals surface area (Å²) in [6, 6.07) is 3.55. The van der Waals surface area contributed by atoms with Gasteiger partial charge in [0, 0.05) is 31.8 Å². The minimum atomic E-state index is -3.91. The molecule has 8 nitrogen and oxygen atoms in total. The second-order valence-corrected chi connectivity index (χ2v) is 7.09. The first kappa shape index (κ1) is 17.6. The third-order valence-corrected chi connectivity index (χ3v) is 5.72. The maximum Gasteiger partial charge on any atom is 0.271 e. The van der Waals surface area contributed by atoms with Gasteiger partial charge in [0.05, 0.1) is 18.1 Å². The number of benzene rings is 1. The molecule has 0 bridgehead atoms. The lowest BCUT2D eigenvalue weighted by molar-refractivity contribution is -0.385. The Labute approximate surface area is 135 Å². The van der Waals surface area contributed by atoms with Crippen LogP contribution in [0, 0.1) is 10.1 Å². The van der Waals surface area contributed by atoms with Gasteiger partial charge < -0.3 is 9.47 Å². The molecule has 0 aliphatic carbocycles. The summed E-state index contributed by atoms with van der Waals surface area (Å²) in [4.78, 5) is 10.1. The van der Waals surface area contributed by atoms with E-state index < -0.39 is 14.9 Å². The van der Waals surface area contributed by atoms with E-state index in [4.69, 9.17) is 9.47 Å². The Hall–Kier alpha value is -1.71. The summed E-state index contributed by atoms with van der Waals surface area (Å²) in [5.41, 5.74) is -0.294. The van der Waals surface area contributed by atoms with Crippen molar-refractivity contribution in [1.82, 2.24) is 4.31 Å². The molecule has 1 aliphatic rings. The van der Waals surface area contributed by atoms with Crippen molar-refractivity contribution in [1.29, 1.82) is 0 Å². The predicted molar refractivity (Wildman–Crippen MR) is 83.1 cm³/mol. The summed E-state index contributed by atoms with van der Waals surface area (Å²) in [7, 11) is -2.58. The van der Waals surface area contributed by atoms with Crippen LogP contribution in [0.1, 0.15) is 19.8 Å². The minimum Gasteiger partial charge on any atom is -0.495 e. The second-order valence-electron chi connectivity index (χ2n) is 5.18. The molecule has 9 heteroatoms. The van der Waals surface area contributed by atoms with Crippen molar-refractivity contribution in [2.75, 3.05) is 26.8 Å². The molecule has 1 fully saturated rings. The minimum absolute atomic E-state index is 0.0846. The molecule has 0 aromatic heterocycles. The van der Waals surface area contributed by atoms with E-state index in [9.17, 15) is 18.5 Å². The van der Waals surface area contributed by atoms with E-state index in [0.29, 0.717) is 6.61 Å². The Bertz CT molecular complexity index is 670. The van der Waals surface area contributed by atoms with Crippen LogP contribution in [0.3, 0.4) is 0 Å². The standard InChI is InChI=1S/C14H20N2O6S/c1-3-15(10-12-5-4-8-22-12)23(19,20)14-9-11(16(17)18)6-7-13(14)21-2/h6-7,9,12H,3-5,8,10H2,1-2H3/t12-/m0/s1. The van der Waals surface area contributed by atoms with Gasteiger partial charge in [-0.15, -0.1) is 0 Å². The molecule has 0 saturated carbocycles. The molecule has 2 rings (SSSR count). The zero-order valence-corrected chi connectivity index (χ0v) is 13.9. The highest BCUT2D eigenvalue weighted by atomic mass is 32.2. The fourth-order valence-corrected chi connectivity index (χ4v) is 4.19. The number of rotatable bonds is 7. The zero-order chi connectivity index (χ0) is 17.0. The lowest BCUT2D eigenvalue weighted by Gasteiger charge is -2.24. The van der Waals surface area contributed by atoms with Crippen LogP contribution in [-0.2, 0) is 14.8 Å². The highest BCUT2D eigenvalue weighted by Gasteiger charge is 2.31. The van der Waals surface area contributed by atoms with Crippen molar-refractivity contribution in [3.8, 4) is 5.75 Å². The normalized spacial score (nSPS) is 18.3. The summed E-state index contributed by atoms with van der Waals surface area (Å²) < 4.78 is 37.6. The summed E-state index contributed by atoms with van der Waals surface area (Å²) >= 11 is 0. The fourth-order valence-electron chi connectivity index (χ4n) is 2.53. The van der Waals surface area contributed by atoms with Gasteiger partial charge in [-0.1, -0.05) is 6.92 Å². The number of sulfonamides is 1. The van der Waals surface area contributed by atoms with Crippen LogP contribution in [0.2, 0.25) is 0 Å². The summed E-state index contributed by atoms with van der Waals surface area (Å²) in [6.45, 7) is 2.82. The Morgan fingerprint density at radius 3 is 2.74 bits per heavy atom. The highest BCUT2D eigenvalue weighted by molar-refractivity contribution is 7.89. The number of hydrogen-bond donors (Lipinski definition) is 0. The monoisotopic (exact) mass is 344 g/mol. The Balaban J connectivity index is 2.39. The molecule has 0 spiro atoms. The van der Waals surface area contributed by atoms with Crippen molar-refractivity contribution < 1.29 is 22.8 Å². The van der Waals surface area contributed by atoms with Crippen LogP contribution in [0.15, 0.2) is 23.1 Å². The predicted octanol–water partition coefficient (Wildman–Crippen LogP) is 1.79. The Morgan fingerprint density at radius 1 is 1.48 bits per heavy atom. The van der Waals surface area contributed by atoms with Crippen LogP contribution in [0.5, 0.6) is 5.75 Å².